The van der Waals surface area contributed by atoms with Gasteiger partial charge in [-0.1, -0.05) is 30.3 Å². The fraction of sp³-hybridized carbons (Fsp3) is 0.188. The highest BCUT2D eigenvalue weighted by molar-refractivity contribution is 5.31. The number of aromatic nitrogens is 1. The molecule has 3 rings (SSSR count). The van der Waals surface area contributed by atoms with Gasteiger partial charge < -0.3 is 9.57 Å². The van der Waals surface area contributed by atoms with Gasteiger partial charge in [-0.3, -0.25) is 4.98 Å². The summed E-state index contributed by atoms with van der Waals surface area (Å²) in [6, 6.07) is 13.8. The zero-order valence-electron chi connectivity index (χ0n) is 11.5. The zero-order chi connectivity index (χ0) is 13.9. The fourth-order valence-electron chi connectivity index (χ4n) is 2.33. The van der Waals surface area contributed by atoms with Crippen molar-refractivity contribution in [2.75, 3.05) is 7.05 Å². The Kier molecular flexibility index (Phi) is 3.39. The average molecular weight is 268 g/mol. The molecule has 4 heteroatoms. The summed E-state index contributed by atoms with van der Waals surface area (Å²) >= 11 is 0. The van der Waals surface area contributed by atoms with E-state index in [1.807, 2.05) is 44.3 Å². The van der Waals surface area contributed by atoms with Gasteiger partial charge in [-0.2, -0.15) is 0 Å². The second kappa shape index (κ2) is 5.35. The van der Waals surface area contributed by atoms with E-state index in [4.69, 9.17) is 9.57 Å². The Morgan fingerprint density at radius 3 is 2.65 bits per heavy atom. The molecule has 102 valence electrons. The summed E-state index contributed by atoms with van der Waals surface area (Å²) in [6.45, 7) is 1.91. The Bertz CT molecular complexity index is 611. The summed E-state index contributed by atoms with van der Waals surface area (Å²) in [7, 11) is 1.90. The van der Waals surface area contributed by atoms with Gasteiger partial charge in [0.25, 0.3) is 0 Å². The summed E-state index contributed by atoms with van der Waals surface area (Å²) in [6.07, 6.45) is 3.42. The quantitative estimate of drug-likeness (QED) is 0.855. The second-order valence-corrected chi connectivity index (χ2v) is 4.66. The molecule has 4 nitrogen and oxygen atoms in total. The van der Waals surface area contributed by atoms with Gasteiger partial charge >= 0.3 is 0 Å². The Balaban J connectivity index is 1.93. The molecule has 0 spiro atoms. The molecule has 0 amide bonds. The van der Waals surface area contributed by atoms with Crippen molar-refractivity contribution in [2.45, 2.75) is 13.0 Å². The Hall–Kier alpha value is -2.33. The third-order valence-electron chi connectivity index (χ3n) is 3.22. The lowest BCUT2D eigenvalue weighted by molar-refractivity contribution is -0.0958. The van der Waals surface area contributed by atoms with E-state index in [-0.39, 0.29) is 6.04 Å². The third kappa shape index (κ3) is 2.38. The highest BCUT2D eigenvalue weighted by Crippen LogP contribution is 2.37. The lowest BCUT2D eigenvalue weighted by Gasteiger charge is -2.20. The molecule has 0 N–H and O–H groups in total. The monoisotopic (exact) mass is 268 g/mol. The predicted octanol–water partition coefficient (Wildman–Crippen LogP) is 3.31. The second-order valence-electron chi connectivity index (χ2n) is 4.66. The van der Waals surface area contributed by atoms with Gasteiger partial charge in [0, 0.05) is 13.2 Å². The SMILES string of the molecule is CC1=C(Oc2cccnc2)C(c2ccccc2)N(C)O1. The van der Waals surface area contributed by atoms with Gasteiger partial charge in [-0.15, -0.1) is 5.06 Å². The van der Waals surface area contributed by atoms with Crippen molar-refractivity contribution in [3.63, 3.8) is 0 Å². The lowest BCUT2D eigenvalue weighted by Crippen LogP contribution is -2.20. The zero-order valence-corrected chi connectivity index (χ0v) is 11.5. The van der Waals surface area contributed by atoms with Crippen LogP contribution in [-0.2, 0) is 4.84 Å². The topological polar surface area (TPSA) is 34.6 Å². The van der Waals surface area contributed by atoms with E-state index in [1.54, 1.807) is 17.5 Å². The molecule has 1 aromatic carbocycles. The molecule has 1 aliphatic rings. The summed E-state index contributed by atoms with van der Waals surface area (Å²) in [5, 5.41) is 1.80. The number of allylic oxidation sites excluding steroid dienone is 1. The molecule has 2 aromatic rings. The standard InChI is InChI=1S/C16H16N2O2/c1-12-16(19-14-9-6-10-17-11-14)15(18(2)20-12)13-7-4-3-5-8-13/h3-11,15H,1-2H3. The van der Waals surface area contributed by atoms with Crippen LogP contribution in [0.5, 0.6) is 5.75 Å². The summed E-state index contributed by atoms with van der Waals surface area (Å²) < 4.78 is 5.98. The number of hydrogen-bond acceptors (Lipinski definition) is 4. The Labute approximate surface area is 118 Å². The first-order valence-corrected chi connectivity index (χ1v) is 6.50. The number of hydrogen-bond donors (Lipinski definition) is 0. The number of rotatable bonds is 3. The molecule has 1 aromatic heterocycles. The van der Waals surface area contributed by atoms with E-state index in [1.165, 1.54) is 0 Å². The fourth-order valence-corrected chi connectivity index (χ4v) is 2.33. The summed E-state index contributed by atoms with van der Waals surface area (Å²) in [5.74, 6) is 2.28. The van der Waals surface area contributed by atoms with Gasteiger partial charge in [0.15, 0.2) is 11.5 Å². The van der Waals surface area contributed by atoms with Crippen LogP contribution >= 0.6 is 0 Å². The molecule has 20 heavy (non-hydrogen) atoms. The van der Waals surface area contributed by atoms with Crippen molar-refractivity contribution in [3.05, 3.63) is 71.9 Å². The number of hydroxylamine groups is 2. The molecule has 0 saturated heterocycles. The smallest absolute Gasteiger partial charge is 0.169 e. The van der Waals surface area contributed by atoms with Crippen LogP contribution in [0.25, 0.3) is 0 Å². The van der Waals surface area contributed by atoms with E-state index in [2.05, 4.69) is 17.1 Å². The summed E-state index contributed by atoms with van der Waals surface area (Å²) in [5.41, 5.74) is 1.13. The molecular weight excluding hydrogens is 252 g/mol. The Morgan fingerprint density at radius 1 is 1.15 bits per heavy atom. The number of likely N-dealkylation sites (N-methyl/N-ethyl adjacent to an activating group) is 1. The van der Waals surface area contributed by atoms with Crippen molar-refractivity contribution in [1.82, 2.24) is 10.0 Å². The van der Waals surface area contributed by atoms with Crippen molar-refractivity contribution < 1.29 is 9.57 Å². The van der Waals surface area contributed by atoms with Crippen LogP contribution in [0.15, 0.2) is 66.4 Å². The molecule has 0 aliphatic carbocycles. The van der Waals surface area contributed by atoms with Gasteiger partial charge in [0.1, 0.15) is 11.8 Å². The molecule has 2 heterocycles. The van der Waals surface area contributed by atoms with Gasteiger partial charge in [0.05, 0.1) is 6.20 Å². The largest absolute Gasteiger partial charge is 0.454 e. The van der Waals surface area contributed by atoms with Crippen molar-refractivity contribution in [1.29, 1.82) is 0 Å². The van der Waals surface area contributed by atoms with E-state index in [9.17, 15) is 0 Å². The molecule has 0 radical (unpaired) electrons. The minimum Gasteiger partial charge on any atom is -0.454 e. The highest BCUT2D eigenvalue weighted by Gasteiger charge is 2.34. The minimum atomic E-state index is -0.0450. The third-order valence-corrected chi connectivity index (χ3v) is 3.22. The first-order chi connectivity index (χ1) is 9.75. The van der Waals surface area contributed by atoms with Crippen LogP contribution in [0, 0.1) is 0 Å². The maximum absolute atomic E-state index is 5.98. The number of ether oxygens (including phenoxy) is 1. The maximum Gasteiger partial charge on any atom is 0.169 e. The predicted molar refractivity (Wildman–Crippen MR) is 75.6 cm³/mol. The normalized spacial score (nSPS) is 19.0. The number of benzene rings is 1. The van der Waals surface area contributed by atoms with E-state index < -0.39 is 0 Å². The maximum atomic E-state index is 5.98. The first-order valence-electron chi connectivity index (χ1n) is 6.50. The van der Waals surface area contributed by atoms with E-state index in [0.29, 0.717) is 5.75 Å². The molecular formula is C16H16N2O2. The Morgan fingerprint density at radius 2 is 1.95 bits per heavy atom. The van der Waals surface area contributed by atoms with Crippen LogP contribution < -0.4 is 4.74 Å². The van der Waals surface area contributed by atoms with Crippen molar-refractivity contribution in [2.24, 2.45) is 0 Å². The van der Waals surface area contributed by atoms with Crippen LogP contribution in [0.1, 0.15) is 18.5 Å². The average Bonchev–Trinajstić information content (AvgIpc) is 2.75. The molecule has 1 aliphatic heterocycles. The summed E-state index contributed by atoms with van der Waals surface area (Å²) in [4.78, 5) is 9.75. The van der Waals surface area contributed by atoms with Gasteiger partial charge in [-0.25, -0.2) is 0 Å². The van der Waals surface area contributed by atoms with E-state index >= 15 is 0 Å². The molecule has 0 bridgehead atoms. The van der Waals surface area contributed by atoms with Crippen LogP contribution in [0.2, 0.25) is 0 Å². The van der Waals surface area contributed by atoms with Crippen molar-refractivity contribution >= 4 is 0 Å². The van der Waals surface area contributed by atoms with Crippen LogP contribution in [0.4, 0.5) is 0 Å². The van der Waals surface area contributed by atoms with Gasteiger partial charge in [-0.05, 0) is 24.6 Å². The van der Waals surface area contributed by atoms with E-state index in [0.717, 1.165) is 17.1 Å². The van der Waals surface area contributed by atoms with Gasteiger partial charge in [0.2, 0.25) is 0 Å². The van der Waals surface area contributed by atoms with Crippen molar-refractivity contribution in [3.8, 4) is 5.75 Å². The molecule has 1 unspecified atom stereocenters. The van der Waals surface area contributed by atoms with Crippen LogP contribution in [0.3, 0.4) is 0 Å². The first kappa shape index (κ1) is 12.7. The molecule has 0 saturated carbocycles. The molecule has 0 fully saturated rings. The number of nitrogens with zero attached hydrogens (tertiary/aromatic N) is 2. The number of pyridine rings is 1. The highest BCUT2D eigenvalue weighted by atomic mass is 16.7. The lowest BCUT2D eigenvalue weighted by atomic mass is 10.1. The molecule has 1 atom stereocenters. The van der Waals surface area contributed by atoms with Crippen LogP contribution in [-0.4, -0.2) is 17.1 Å². The minimum absolute atomic E-state index is 0.0450.